The number of aryl methyl sites for hydroxylation is 1. The Morgan fingerprint density at radius 3 is 1.44 bits per heavy atom. The molecule has 4 heterocycles. The Kier molecular flexibility index (Phi) is 15.3. The summed E-state index contributed by atoms with van der Waals surface area (Å²) in [6, 6.07) is 29.1. The first-order valence-electron chi connectivity index (χ1n) is 22.9. The van der Waals surface area contributed by atoms with Gasteiger partial charge in [0.2, 0.25) is 22.5 Å². The van der Waals surface area contributed by atoms with E-state index in [4.69, 9.17) is 38.6 Å². The molecule has 2 N–H and O–H groups in total. The first-order chi connectivity index (χ1) is 34.3. The Balaban J connectivity index is 0.000000212. The molecule has 4 aromatic heterocycles. The van der Waals surface area contributed by atoms with Crippen LogP contribution in [0.25, 0.3) is 76.8 Å². The summed E-state index contributed by atoms with van der Waals surface area (Å²) in [4.78, 5) is 67.7. The molecule has 8 aromatic rings. The number of hydrogen-bond acceptors (Lipinski definition) is 8. The standard InChI is InChI=1S/C30H28FN3O3.C27H21ClFN3O3/c1-6-8-24-22(19-9-7-10-20(15-19)25(35)17-30(2,3)33-5)16-23-26(28(36)32-4)27(37-29(23)34-24)18-11-13-21(31)14-12-18;1-27(2,31-4)14-21(33)17-7-5-6-16(12-17)19-13-20-22(25(34)30-3)23(35-26(20)32-24(19)28)15-8-10-18(29)11-9-15/h7,9-16H,6,8,17H2,1-4H3,(H,32,36);5-13H,14H2,1-3H3,(H,30,34). The lowest BCUT2D eigenvalue weighted by Gasteiger charge is -2.12. The number of carbonyl (C=O) groups excluding carboxylic acids is 4. The molecule has 0 atom stereocenters. The van der Waals surface area contributed by atoms with E-state index in [1.165, 1.54) is 50.5 Å². The van der Waals surface area contributed by atoms with E-state index < -0.39 is 22.8 Å². The van der Waals surface area contributed by atoms with Crippen LogP contribution in [0.15, 0.2) is 118 Å². The average molecular weight is 988 g/mol. The molecule has 364 valence electrons. The molecule has 15 heteroatoms. The predicted octanol–water partition coefficient (Wildman–Crippen LogP) is 13.5. The summed E-state index contributed by atoms with van der Waals surface area (Å²) in [5.74, 6) is -1.27. The highest BCUT2D eigenvalue weighted by atomic mass is 35.5. The minimum Gasteiger partial charge on any atom is -0.437 e. The topological polar surface area (TPSA) is 153 Å². The van der Waals surface area contributed by atoms with Gasteiger partial charge in [0.05, 0.1) is 40.4 Å². The maximum Gasteiger partial charge on any atom is 0.255 e. The van der Waals surface area contributed by atoms with Crippen LogP contribution in [0.1, 0.15) is 101 Å². The molecule has 0 spiro atoms. The largest absolute Gasteiger partial charge is 0.437 e. The monoisotopic (exact) mass is 986 g/mol. The molecule has 0 aliphatic carbocycles. The molecule has 0 saturated heterocycles. The van der Waals surface area contributed by atoms with Crippen molar-refractivity contribution in [3.8, 4) is 44.9 Å². The molecule has 0 unspecified atom stereocenters. The Bertz CT molecular complexity index is 3490. The summed E-state index contributed by atoms with van der Waals surface area (Å²) >= 11 is 6.49. The molecule has 8 rings (SSSR count). The number of carbonyl (C=O) groups is 4. The van der Waals surface area contributed by atoms with Gasteiger partial charge < -0.3 is 29.2 Å². The van der Waals surface area contributed by atoms with Crippen LogP contribution in [-0.2, 0) is 6.42 Å². The van der Waals surface area contributed by atoms with Gasteiger partial charge in [-0.15, -0.1) is 0 Å². The van der Waals surface area contributed by atoms with Crippen molar-refractivity contribution in [3.05, 3.63) is 177 Å². The summed E-state index contributed by atoms with van der Waals surface area (Å²) in [7, 11) is 3.04. The maximum absolute atomic E-state index is 13.6. The summed E-state index contributed by atoms with van der Waals surface area (Å²) in [5, 5.41) is 6.35. The van der Waals surface area contributed by atoms with Crippen LogP contribution in [0.4, 0.5) is 8.78 Å². The average Bonchev–Trinajstić information content (AvgIpc) is 3.94. The molecule has 4 aromatic carbocycles. The lowest BCUT2D eigenvalue weighted by atomic mass is 9.92. The van der Waals surface area contributed by atoms with Crippen LogP contribution in [0.3, 0.4) is 0 Å². The van der Waals surface area contributed by atoms with Crippen LogP contribution >= 0.6 is 11.6 Å². The maximum atomic E-state index is 13.6. The fraction of sp³-hybridized carbons (Fsp3) is 0.228. The minimum absolute atomic E-state index is 0.0779. The fourth-order valence-corrected chi connectivity index (χ4v) is 8.28. The van der Waals surface area contributed by atoms with E-state index in [0.717, 1.165) is 23.2 Å². The number of aromatic nitrogens is 2. The fourth-order valence-electron chi connectivity index (χ4n) is 8.04. The third-order valence-electron chi connectivity index (χ3n) is 11.8. The van der Waals surface area contributed by atoms with Crippen molar-refractivity contribution in [3.63, 3.8) is 0 Å². The first kappa shape index (κ1) is 51.5. The van der Waals surface area contributed by atoms with Crippen LogP contribution < -0.4 is 10.6 Å². The predicted molar refractivity (Wildman–Crippen MR) is 275 cm³/mol. The number of rotatable bonds is 14. The second kappa shape index (κ2) is 21.3. The molecule has 12 nitrogen and oxygen atoms in total. The number of halogens is 3. The lowest BCUT2D eigenvalue weighted by Crippen LogP contribution is -2.19. The zero-order valence-corrected chi connectivity index (χ0v) is 41.3. The summed E-state index contributed by atoms with van der Waals surface area (Å²) in [5.41, 5.74) is 4.98. The SMILES string of the molecule is [C-]#[N+]C(C)(C)CC(=O)c1cccc(-c2cc3c(C(=O)NC)c(-c4ccc(F)cc4)oc3nc2CCC)c1.[C-]#[N+]C(C)(C)CC(=O)c1cccc(-c2cc3c(C(=O)NC)c(-c4ccc(F)cc4)oc3nc2Cl)c1. The van der Waals surface area contributed by atoms with Gasteiger partial charge in [0.15, 0.2) is 11.6 Å². The van der Waals surface area contributed by atoms with Crippen molar-refractivity contribution in [2.45, 2.75) is 71.4 Å². The number of hydrogen-bond donors (Lipinski definition) is 2. The Labute approximate surface area is 420 Å². The van der Waals surface area contributed by atoms with Crippen molar-refractivity contribution in [2.75, 3.05) is 14.1 Å². The normalized spacial score (nSPS) is 11.3. The van der Waals surface area contributed by atoms with Crippen LogP contribution in [0, 0.1) is 24.8 Å². The van der Waals surface area contributed by atoms with Gasteiger partial charge in [-0.1, -0.05) is 61.3 Å². The highest BCUT2D eigenvalue weighted by Gasteiger charge is 2.30. The van der Waals surface area contributed by atoms with Gasteiger partial charge in [-0.3, -0.25) is 19.2 Å². The van der Waals surface area contributed by atoms with Crippen molar-refractivity contribution in [1.29, 1.82) is 0 Å². The van der Waals surface area contributed by atoms with Crippen molar-refractivity contribution >= 4 is 57.2 Å². The van der Waals surface area contributed by atoms with Crippen LogP contribution in [0.2, 0.25) is 5.15 Å². The van der Waals surface area contributed by atoms with Gasteiger partial charge in [-0.05, 0) is 90.3 Å². The van der Waals surface area contributed by atoms with E-state index in [0.29, 0.717) is 67.6 Å². The van der Waals surface area contributed by atoms with E-state index in [2.05, 4.69) is 25.3 Å². The lowest BCUT2D eigenvalue weighted by molar-refractivity contribution is 0.0956. The van der Waals surface area contributed by atoms with Crippen molar-refractivity contribution in [2.24, 2.45) is 0 Å². The number of nitrogens with zero attached hydrogens (tertiary/aromatic N) is 4. The molecule has 0 aliphatic rings. The van der Waals surface area contributed by atoms with Gasteiger partial charge in [-0.25, -0.2) is 31.9 Å². The number of pyridine rings is 2. The second-order valence-electron chi connectivity index (χ2n) is 18.3. The molecular weight excluding hydrogens is 938 g/mol. The molecular formula is C57H49ClF2N6O6. The highest BCUT2D eigenvalue weighted by molar-refractivity contribution is 6.33. The second-order valence-corrected chi connectivity index (χ2v) is 18.6. The van der Waals surface area contributed by atoms with Crippen molar-refractivity contribution in [1.82, 2.24) is 20.6 Å². The van der Waals surface area contributed by atoms with Gasteiger partial charge in [0, 0.05) is 75.2 Å². The van der Waals surface area contributed by atoms with E-state index in [9.17, 15) is 28.0 Å². The van der Waals surface area contributed by atoms with Gasteiger partial charge in [0.25, 0.3) is 11.8 Å². The highest BCUT2D eigenvalue weighted by Crippen LogP contribution is 2.40. The third kappa shape index (κ3) is 11.2. The van der Waals surface area contributed by atoms with E-state index in [-0.39, 0.29) is 58.3 Å². The van der Waals surface area contributed by atoms with Gasteiger partial charge in [0.1, 0.15) is 28.3 Å². The molecule has 0 bridgehead atoms. The quantitative estimate of drug-likeness (QED) is 0.0620. The summed E-state index contributed by atoms with van der Waals surface area (Å²) < 4.78 is 39.0. The number of furan rings is 2. The number of nitrogens with one attached hydrogen (secondary N) is 2. The third-order valence-corrected chi connectivity index (χ3v) is 12.1. The van der Waals surface area contributed by atoms with E-state index >= 15 is 0 Å². The Hall–Kier alpha value is -8.33. The zero-order chi connectivity index (χ0) is 52.1. The zero-order valence-electron chi connectivity index (χ0n) is 40.6. The number of ketones is 2. The summed E-state index contributed by atoms with van der Waals surface area (Å²) in [6.07, 6.45) is 1.68. The van der Waals surface area contributed by atoms with Gasteiger partial charge >= 0.3 is 0 Å². The first-order valence-corrected chi connectivity index (χ1v) is 23.3. The van der Waals surface area contributed by atoms with E-state index in [1.54, 1.807) is 76.2 Å². The van der Waals surface area contributed by atoms with Crippen molar-refractivity contribution < 1.29 is 36.8 Å². The number of benzene rings is 4. The molecule has 72 heavy (non-hydrogen) atoms. The number of fused-ring (bicyclic) bond motifs is 2. The number of Topliss-reactive ketones (excluding diaryl/α,β-unsaturated/α-hetero) is 2. The Morgan fingerprint density at radius 2 is 1.03 bits per heavy atom. The van der Waals surface area contributed by atoms with Crippen LogP contribution in [0.5, 0.6) is 0 Å². The van der Waals surface area contributed by atoms with Crippen LogP contribution in [-0.4, -0.2) is 58.5 Å². The smallest absolute Gasteiger partial charge is 0.255 e. The van der Waals surface area contributed by atoms with Gasteiger partial charge in [-0.2, -0.15) is 0 Å². The molecule has 0 saturated carbocycles. The summed E-state index contributed by atoms with van der Waals surface area (Å²) in [6.45, 7) is 23.6. The molecule has 2 amide bonds. The molecule has 0 fully saturated rings. The molecule has 0 aliphatic heterocycles. The van der Waals surface area contributed by atoms with E-state index in [1.807, 2.05) is 31.2 Å². The minimum atomic E-state index is -0.804. The Morgan fingerprint density at radius 1 is 0.611 bits per heavy atom. The molecule has 0 radical (unpaired) electrons. The number of amides is 2.